The maximum atomic E-state index is 11.3. The van der Waals surface area contributed by atoms with Crippen molar-refractivity contribution < 1.29 is 9.21 Å². The molecule has 0 aliphatic heterocycles. The average molecular weight is 166 g/mol. The first kappa shape index (κ1) is 9.04. The Labute approximate surface area is 72.6 Å². The lowest BCUT2D eigenvalue weighted by atomic mass is 10.1. The number of ketones is 1. The molecule has 0 atom stereocenters. The van der Waals surface area contributed by atoms with Gasteiger partial charge in [-0.1, -0.05) is 13.8 Å². The van der Waals surface area contributed by atoms with Crippen LogP contribution in [-0.4, -0.2) is 5.78 Å². The van der Waals surface area contributed by atoms with Crippen LogP contribution in [0.1, 0.15) is 42.1 Å². The Bertz CT molecular complexity index is 284. The summed E-state index contributed by atoms with van der Waals surface area (Å²) in [4.78, 5) is 11.3. The van der Waals surface area contributed by atoms with Crippen molar-refractivity contribution in [2.45, 2.75) is 33.6 Å². The summed E-state index contributed by atoms with van der Waals surface area (Å²) >= 11 is 0. The van der Waals surface area contributed by atoms with E-state index in [1.165, 1.54) is 0 Å². The fraction of sp³-hybridized carbons (Fsp3) is 0.500. The summed E-state index contributed by atoms with van der Waals surface area (Å²) in [6, 6.07) is 1.82. The molecule has 0 aliphatic rings. The maximum absolute atomic E-state index is 11.3. The van der Waals surface area contributed by atoms with Crippen LogP contribution in [0, 0.1) is 6.92 Å². The summed E-state index contributed by atoms with van der Waals surface area (Å²) in [7, 11) is 0. The quantitative estimate of drug-likeness (QED) is 0.646. The van der Waals surface area contributed by atoms with Gasteiger partial charge in [0, 0.05) is 12.8 Å². The molecule has 0 aliphatic carbocycles. The van der Waals surface area contributed by atoms with Crippen LogP contribution in [0.15, 0.2) is 10.5 Å². The molecule has 0 amide bonds. The third-order valence-electron chi connectivity index (χ3n) is 1.87. The van der Waals surface area contributed by atoms with Gasteiger partial charge in [-0.15, -0.1) is 0 Å². The van der Waals surface area contributed by atoms with E-state index in [1.807, 2.05) is 26.8 Å². The zero-order valence-corrected chi connectivity index (χ0v) is 7.81. The molecule has 1 aromatic rings. The molecule has 0 aromatic carbocycles. The summed E-state index contributed by atoms with van der Waals surface area (Å²) in [6.45, 7) is 5.72. The lowest BCUT2D eigenvalue weighted by molar-refractivity contribution is 0.0986. The fourth-order valence-corrected chi connectivity index (χ4v) is 1.25. The Morgan fingerprint density at radius 2 is 2.17 bits per heavy atom. The van der Waals surface area contributed by atoms with Gasteiger partial charge in [0.25, 0.3) is 0 Å². The third kappa shape index (κ3) is 1.58. The molecule has 0 bridgehead atoms. The van der Waals surface area contributed by atoms with E-state index in [2.05, 4.69) is 0 Å². The Hall–Kier alpha value is -1.05. The van der Waals surface area contributed by atoms with Gasteiger partial charge in [-0.3, -0.25) is 4.79 Å². The van der Waals surface area contributed by atoms with E-state index in [1.54, 1.807) is 0 Å². The van der Waals surface area contributed by atoms with Crippen LogP contribution < -0.4 is 0 Å². The smallest absolute Gasteiger partial charge is 0.166 e. The molecule has 0 radical (unpaired) electrons. The zero-order chi connectivity index (χ0) is 9.14. The minimum atomic E-state index is 0.170. The molecule has 0 saturated heterocycles. The number of Topliss-reactive ketones (excluding diaryl/α,β-unsaturated/α-hetero) is 1. The summed E-state index contributed by atoms with van der Waals surface area (Å²) in [6.07, 6.45) is 1.33. The van der Waals surface area contributed by atoms with Gasteiger partial charge in [-0.05, 0) is 13.0 Å². The highest BCUT2D eigenvalue weighted by molar-refractivity contribution is 5.96. The molecule has 1 heterocycles. The zero-order valence-electron chi connectivity index (χ0n) is 7.81. The molecule has 66 valence electrons. The normalized spacial score (nSPS) is 10.2. The molecule has 1 rings (SSSR count). The Kier molecular flexibility index (Phi) is 2.69. The summed E-state index contributed by atoms with van der Waals surface area (Å²) in [5.74, 6) is 1.81. The van der Waals surface area contributed by atoms with E-state index in [9.17, 15) is 4.79 Å². The second kappa shape index (κ2) is 3.57. The summed E-state index contributed by atoms with van der Waals surface area (Å²) < 4.78 is 5.37. The molecule has 0 spiro atoms. The molecule has 2 heteroatoms. The van der Waals surface area contributed by atoms with Gasteiger partial charge in [0.2, 0.25) is 0 Å². The van der Waals surface area contributed by atoms with E-state index < -0.39 is 0 Å². The number of carbonyl (C=O) groups excluding carboxylic acids is 1. The molecular weight excluding hydrogens is 152 g/mol. The number of aryl methyl sites for hydroxylation is 2. The number of carbonyl (C=O) groups is 1. The van der Waals surface area contributed by atoms with E-state index >= 15 is 0 Å². The maximum Gasteiger partial charge on any atom is 0.166 e. The van der Waals surface area contributed by atoms with Gasteiger partial charge in [0.1, 0.15) is 11.5 Å². The predicted molar refractivity (Wildman–Crippen MR) is 47.4 cm³/mol. The van der Waals surface area contributed by atoms with Crippen molar-refractivity contribution in [3.05, 3.63) is 23.2 Å². The fourth-order valence-electron chi connectivity index (χ4n) is 1.25. The van der Waals surface area contributed by atoms with E-state index in [0.29, 0.717) is 6.42 Å². The summed E-state index contributed by atoms with van der Waals surface area (Å²) in [5.41, 5.74) is 0.762. The molecule has 0 saturated carbocycles. The van der Waals surface area contributed by atoms with Gasteiger partial charge in [0.05, 0.1) is 5.56 Å². The van der Waals surface area contributed by atoms with Crippen molar-refractivity contribution in [1.29, 1.82) is 0 Å². The number of rotatable bonds is 3. The topological polar surface area (TPSA) is 30.2 Å². The predicted octanol–water partition coefficient (Wildman–Crippen LogP) is 2.74. The minimum absolute atomic E-state index is 0.170. The molecule has 1 aromatic heterocycles. The lowest BCUT2D eigenvalue weighted by Gasteiger charge is -1.94. The number of furan rings is 1. The molecule has 2 nitrogen and oxygen atoms in total. The minimum Gasteiger partial charge on any atom is -0.466 e. The van der Waals surface area contributed by atoms with Crippen molar-refractivity contribution in [2.24, 2.45) is 0 Å². The monoisotopic (exact) mass is 166 g/mol. The van der Waals surface area contributed by atoms with Crippen molar-refractivity contribution >= 4 is 5.78 Å². The van der Waals surface area contributed by atoms with Crippen LogP contribution in [0.3, 0.4) is 0 Å². The van der Waals surface area contributed by atoms with Crippen LogP contribution in [0.25, 0.3) is 0 Å². The first-order valence-electron chi connectivity index (χ1n) is 4.31. The van der Waals surface area contributed by atoms with E-state index in [-0.39, 0.29) is 5.78 Å². The highest BCUT2D eigenvalue weighted by Crippen LogP contribution is 2.16. The molecule has 0 fully saturated rings. The Morgan fingerprint density at radius 1 is 1.50 bits per heavy atom. The molecule has 12 heavy (non-hydrogen) atoms. The van der Waals surface area contributed by atoms with Crippen molar-refractivity contribution in [3.63, 3.8) is 0 Å². The number of hydrogen-bond acceptors (Lipinski definition) is 2. The molecular formula is C10H14O2. The number of hydrogen-bond donors (Lipinski definition) is 0. The van der Waals surface area contributed by atoms with Crippen LogP contribution in [0.2, 0.25) is 0 Å². The van der Waals surface area contributed by atoms with Crippen LogP contribution in [0.4, 0.5) is 0 Å². The van der Waals surface area contributed by atoms with E-state index in [0.717, 1.165) is 23.5 Å². The second-order valence-corrected chi connectivity index (χ2v) is 2.82. The van der Waals surface area contributed by atoms with Gasteiger partial charge in [-0.25, -0.2) is 0 Å². The SMILES string of the molecule is CCC(=O)c1cc(C)oc1CC. The van der Waals surface area contributed by atoms with Crippen molar-refractivity contribution in [1.82, 2.24) is 0 Å². The first-order valence-corrected chi connectivity index (χ1v) is 4.31. The van der Waals surface area contributed by atoms with E-state index in [4.69, 9.17) is 4.42 Å². The van der Waals surface area contributed by atoms with Gasteiger partial charge in [-0.2, -0.15) is 0 Å². The lowest BCUT2D eigenvalue weighted by Crippen LogP contribution is -1.97. The van der Waals surface area contributed by atoms with Gasteiger partial charge in [0.15, 0.2) is 5.78 Å². The Morgan fingerprint density at radius 3 is 2.67 bits per heavy atom. The van der Waals surface area contributed by atoms with Gasteiger partial charge >= 0.3 is 0 Å². The average Bonchev–Trinajstić information content (AvgIpc) is 2.45. The Balaban J connectivity index is 3.04. The standard InChI is InChI=1S/C10H14O2/c1-4-9(11)8-6-7(3)12-10(8)5-2/h6H,4-5H2,1-3H3. The summed E-state index contributed by atoms with van der Waals surface area (Å²) in [5, 5.41) is 0. The highest BCUT2D eigenvalue weighted by atomic mass is 16.3. The highest BCUT2D eigenvalue weighted by Gasteiger charge is 2.12. The molecule has 0 N–H and O–H groups in total. The third-order valence-corrected chi connectivity index (χ3v) is 1.87. The van der Waals surface area contributed by atoms with Crippen LogP contribution in [-0.2, 0) is 6.42 Å². The van der Waals surface area contributed by atoms with Crippen molar-refractivity contribution in [3.8, 4) is 0 Å². The van der Waals surface area contributed by atoms with Crippen LogP contribution in [0.5, 0.6) is 0 Å². The largest absolute Gasteiger partial charge is 0.466 e. The van der Waals surface area contributed by atoms with Crippen LogP contribution >= 0.6 is 0 Å². The van der Waals surface area contributed by atoms with Crippen molar-refractivity contribution in [2.75, 3.05) is 0 Å². The second-order valence-electron chi connectivity index (χ2n) is 2.82. The molecule has 0 unspecified atom stereocenters. The first-order chi connectivity index (χ1) is 5.69. The van der Waals surface area contributed by atoms with Gasteiger partial charge < -0.3 is 4.42 Å².